The van der Waals surface area contributed by atoms with Crippen molar-refractivity contribution in [2.24, 2.45) is 5.10 Å². The second-order valence-electron chi connectivity index (χ2n) is 5.59. The highest BCUT2D eigenvalue weighted by Crippen LogP contribution is 2.33. The largest absolute Gasteiger partial charge is 0.504 e. The molecule has 9 nitrogen and oxygen atoms in total. The molecule has 0 radical (unpaired) electrons. The molecule has 0 bridgehead atoms. The highest BCUT2D eigenvalue weighted by molar-refractivity contribution is 9.10. The van der Waals surface area contributed by atoms with Crippen LogP contribution in [0, 0.1) is 0 Å². The van der Waals surface area contributed by atoms with Crippen LogP contribution in [0.25, 0.3) is 0 Å². The van der Waals surface area contributed by atoms with Crippen LogP contribution in [-0.4, -0.2) is 43.6 Å². The van der Waals surface area contributed by atoms with Crippen LogP contribution in [0.5, 0.6) is 23.0 Å². The maximum atomic E-state index is 12.1. The summed E-state index contributed by atoms with van der Waals surface area (Å²) >= 11 is 3.29. The number of rotatable bonds is 6. The Hall–Kier alpha value is -3.27. The summed E-state index contributed by atoms with van der Waals surface area (Å²) in [6, 6.07) is 7.94. The number of fused-ring (bicyclic) bond motifs is 1. The fourth-order valence-corrected chi connectivity index (χ4v) is 2.82. The molecule has 1 heterocycles. The Bertz CT molecular complexity index is 947. The summed E-state index contributed by atoms with van der Waals surface area (Å²) in [5.41, 5.74) is 2.95. The second kappa shape index (κ2) is 8.61. The highest BCUT2D eigenvalue weighted by atomic mass is 79.9. The van der Waals surface area contributed by atoms with Crippen molar-refractivity contribution in [3.63, 3.8) is 0 Å². The number of hydrogen-bond acceptors (Lipinski definition) is 7. The standard InChI is InChI=1S/C18H16BrN3O6/c1-26-15-6-12(19)4-11(17(15)24)7-21-22-16(23)8-20-18(25)10-2-3-13-14(5-10)28-9-27-13/h2-7,24H,8-9H2,1H3,(H,20,25)(H,22,23)/b21-7+. The first-order valence-electron chi connectivity index (χ1n) is 8.04. The van der Waals surface area contributed by atoms with Gasteiger partial charge in [0.2, 0.25) is 6.79 Å². The second-order valence-corrected chi connectivity index (χ2v) is 6.51. The van der Waals surface area contributed by atoms with E-state index in [2.05, 4.69) is 31.8 Å². The molecule has 0 spiro atoms. The molecule has 0 saturated carbocycles. The van der Waals surface area contributed by atoms with E-state index in [1.54, 1.807) is 24.3 Å². The van der Waals surface area contributed by atoms with Crippen molar-refractivity contribution in [1.29, 1.82) is 0 Å². The van der Waals surface area contributed by atoms with Gasteiger partial charge in [-0.25, -0.2) is 5.43 Å². The molecule has 1 aliphatic rings. The lowest BCUT2D eigenvalue weighted by Crippen LogP contribution is -2.34. The van der Waals surface area contributed by atoms with Crippen molar-refractivity contribution in [2.45, 2.75) is 0 Å². The summed E-state index contributed by atoms with van der Waals surface area (Å²) in [5.74, 6) is 0.221. The molecule has 10 heteroatoms. The number of phenolic OH excluding ortho intramolecular Hbond substituents is 1. The predicted molar refractivity (Wildman–Crippen MR) is 103 cm³/mol. The first kappa shape index (κ1) is 19.5. The maximum absolute atomic E-state index is 12.1. The maximum Gasteiger partial charge on any atom is 0.259 e. The van der Waals surface area contributed by atoms with Gasteiger partial charge in [-0.2, -0.15) is 5.10 Å². The molecule has 146 valence electrons. The van der Waals surface area contributed by atoms with Gasteiger partial charge in [-0.1, -0.05) is 15.9 Å². The first-order chi connectivity index (χ1) is 13.5. The van der Waals surface area contributed by atoms with Gasteiger partial charge in [0.05, 0.1) is 19.9 Å². The van der Waals surface area contributed by atoms with E-state index in [4.69, 9.17) is 14.2 Å². The van der Waals surface area contributed by atoms with Gasteiger partial charge in [0.25, 0.3) is 11.8 Å². The number of carbonyl (C=O) groups excluding carboxylic acids is 2. The minimum absolute atomic E-state index is 0.111. The Labute approximate surface area is 168 Å². The van der Waals surface area contributed by atoms with E-state index in [-0.39, 0.29) is 24.8 Å². The van der Waals surface area contributed by atoms with Gasteiger partial charge in [-0.05, 0) is 30.3 Å². The molecule has 2 aromatic carbocycles. The summed E-state index contributed by atoms with van der Waals surface area (Å²) in [6.07, 6.45) is 1.26. The minimum Gasteiger partial charge on any atom is -0.504 e. The van der Waals surface area contributed by atoms with Crippen LogP contribution >= 0.6 is 15.9 Å². The van der Waals surface area contributed by atoms with E-state index in [9.17, 15) is 14.7 Å². The molecule has 0 unspecified atom stereocenters. The number of carbonyl (C=O) groups is 2. The van der Waals surface area contributed by atoms with E-state index in [0.29, 0.717) is 27.1 Å². The number of hydrogen-bond donors (Lipinski definition) is 3. The van der Waals surface area contributed by atoms with Crippen LogP contribution in [0.15, 0.2) is 39.9 Å². The number of phenols is 1. The van der Waals surface area contributed by atoms with Gasteiger partial charge in [0.15, 0.2) is 23.0 Å². The molecular weight excluding hydrogens is 434 g/mol. The third-order valence-electron chi connectivity index (χ3n) is 3.73. The third kappa shape index (κ3) is 4.52. The SMILES string of the molecule is COc1cc(Br)cc(/C=N/NC(=O)CNC(=O)c2ccc3c(c2)OCO3)c1O. The molecule has 0 saturated heterocycles. The fourth-order valence-electron chi connectivity index (χ4n) is 2.36. The molecular formula is C18H16BrN3O6. The summed E-state index contributed by atoms with van der Waals surface area (Å²) in [5, 5.41) is 16.3. The van der Waals surface area contributed by atoms with Crippen molar-refractivity contribution in [2.75, 3.05) is 20.4 Å². The Morgan fingerprint density at radius 2 is 2.07 bits per heavy atom. The van der Waals surface area contributed by atoms with Crippen molar-refractivity contribution in [3.8, 4) is 23.0 Å². The number of aromatic hydroxyl groups is 1. The van der Waals surface area contributed by atoms with Crippen LogP contribution in [0.1, 0.15) is 15.9 Å². The quantitative estimate of drug-likeness (QED) is 0.456. The fraction of sp³-hybridized carbons (Fsp3) is 0.167. The lowest BCUT2D eigenvalue weighted by molar-refractivity contribution is -0.120. The van der Waals surface area contributed by atoms with Crippen molar-refractivity contribution in [1.82, 2.24) is 10.7 Å². The predicted octanol–water partition coefficient (Wildman–Crippen LogP) is 1.77. The summed E-state index contributed by atoms with van der Waals surface area (Å²) in [6.45, 7) is -0.168. The molecule has 1 aliphatic heterocycles. The number of methoxy groups -OCH3 is 1. The van der Waals surface area contributed by atoms with E-state index >= 15 is 0 Å². The van der Waals surface area contributed by atoms with Gasteiger partial charge in [0.1, 0.15) is 0 Å². The van der Waals surface area contributed by atoms with Crippen LogP contribution in [0.4, 0.5) is 0 Å². The third-order valence-corrected chi connectivity index (χ3v) is 4.18. The van der Waals surface area contributed by atoms with Crippen LogP contribution in [-0.2, 0) is 4.79 Å². The van der Waals surface area contributed by atoms with E-state index < -0.39 is 11.8 Å². The zero-order valence-electron chi connectivity index (χ0n) is 14.7. The van der Waals surface area contributed by atoms with Gasteiger partial charge in [-0.3, -0.25) is 9.59 Å². The average Bonchev–Trinajstić information content (AvgIpc) is 3.16. The average molecular weight is 450 g/mol. The summed E-state index contributed by atoms with van der Waals surface area (Å²) < 4.78 is 16.1. The van der Waals surface area contributed by atoms with Crippen molar-refractivity contribution >= 4 is 34.0 Å². The van der Waals surface area contributed by atoms with E-state index in [0.717, 1.165) is 0 Å². The lowest BCUT2D eigenvalue weighted by atomic mass is 10.2. The Kier molecular flexibility index (Phi) is 5.99. The normalized spacial score (nSPS) is 12.1. The van der Waals surface area contributed by atoms with Gasteiger partial charge >= 0.3 is 0 Å². The summed E-state index contributed by atoms with van der Waals surface area (Å²) in [4.78, 5) is 24.0. The monoisotopic (exact) mass is 449 g/mol. The van der Waals surface area contributed by atoms with Gasteiger partial charge in [-0.15, -0.1) is 0 Å². The zero-order chi connectivity index (χ0) is 20.1. The Balaban J connectivity index is 1.53. The summed E-state index contributed by atoms with van der Waals surface area (Å²) in [7, 11) is 1.42. The van der Waals surface area contributed by atoms with E-state index in [1.165, 1.54) is 19.4 Å². The number of nitrogens with one attached hydrogen (secondary N) is 2. The molecule has 0 fully saturated rings. The molecule has 28 heavy (non-hydrogen) atoms. The lowest BCUT2D eigenvalue weighted by Gasteiger charge is -2.07. The minimum atomic E-state index is -0.535. The number of ether oxygens (including phenoxy) is 3. The smallest absolute Gasteiger partial charge is 0.259 e. The molecule has 0 aliphatic carbocycles. The number of benzene rings is 2. The number of nitrogens with zero attached hydrogens (tertiary/aromatic N) is 1. The van der Waals surface area contributed by atoms with Gasteiger partial charge < -0.3 is 24.6 Å². The van der Waals surface area contributed by atoms with Crippen LogP contribution in [0.3, 0.4) is 0 Å². The zero-order valence-corrected chi connectivity index (χ0v) is 16.3. The van der Waals surface area contributed by atoms with E-state index in [1.807, 2.05) is 0 Å². The highest BCUT2D eigenvalue weighted by Gasteiger charge is 2.16. The Morgan fingerprint density at radius 1 is 1.29 bits per heavy atom. The van der Waals surface area contributed by atoms with Crippen LogP contribution in [0.2, 0.25) is 0 Å². The Morgan fingerprint density at radius 3 is 2.86 bits per heavy atom. The topological polar surface area (TPSA) is 118 Å². The van der Waals surface area contributed by atoms with Gasteiger partial charge in [0, 0.05) is 15.6 Å². The molecule has 2 aromatic rings. The number of halogens is 1. The molecule has 0 aromatic heterocycles. The van der Waals surface area contributed by atoms with Crippen LogP contribution < -0.4 is 25.0 Å². The number of hydrazone groups is 1. The molecule has 0 atom stereocenters. The molecule has 2 amide bonds. The molecule has 3 rings (SSSR count). The number of amides is 2. The first-order valence-corrected chi connectivity index (χ1v) is 8.83. The molecule has 3 N–H and O–H groups in total. The van der Waals surface area contributed by atoms with Crippen molar-refractivity contribution in [3.05, 3.63) is 45.9 Å². The van der Waals surface area contributed by atoms with Crippen molar-refractivity contribution < 1.29 is 28.9 Å².